The van der Waals surface area contributed by atoms with E-state index in [1.54, 1.807) is 0 Å². The molecule has 0 amide bonds. The molecule has 9 heteroatoms. The Morgan fingerprint density at radius 1 is 1.44 bits per heavy atom. The van der Waals surface area contributed by atoms with Crippen molar-refractivity contribution >= 4 is 15.7 Å². The van der Waals surface area contributed by atoms with E-state index in [0.29, 0.717) is 6.07 Å². The molecule has 0 aliphatic carbocycles. The Morgan fingerprint density at radius 3 is 2.56 bits per heavy atom. The van der Waals surface area contributed by atoms with Crippen LogP contribution in [0.4, 0.5) is 10.1 Å². The average Bonchev–Trinajstić information content (AvgIpc) is 2.24. The number of rotatable bonds is 3. The molecule has 1 aliphatic heterocycles. The second-order valence-corrected chi connectivity index (χ2v) is 5.89. The third-order valence-corrected chi connectivity index (χ3v) is 4.46. The first-order chi connectivity index (χ1) is 8.32. The first-order valence-corrected chi connectivity index (χ1v) is 6.46. The molecule has 2 N–H and O–H groups in total. The zero-order valence-electron chi connectivity index (χ0n) is 9.11. The summed E-state index contributed by atoms with van der Waals surface area (Å²) in [5.74, 6) is -1.07. The second-order valence-electron chi connectivity index (χ2n) is 3.95. The molecule has 2 rings (SSSR count). The van der Waals surface area contributed by atoms with E-state index in [2.05, 4.69) is 0 Å². The number of nitrogens with zero attached hydrogens (tertiary/aromatic N) is 2. The summed E-state index contributed by atoms with van der Waals surface area (Å²) in [5.41, 5.74) is 4.61. The second kappa shape index (κ2) is 4.26. The molecular weight excluding hydrogens is 265 g/mol. The van der Waals surface area contributed by atoms with Crippen LogP contribution >= 0.6 is 0 Å². The van der Waals surface area contributed by atoms with Crippen LogP contribution in [0.3, 0.4) is 0 Å². The lowest BCUT2D eigenvalue weighted by Gasteiger charge is -2.35. The number of halogens is 1. The maximum absolute atomic E-state index is 13.1. The lowest BCUT2D eigenvalue weighted by atomic mass is 10.2. The molecule has 0 bridgehead atoms. The normalized spacial score (nSPS) is 17.4. The van der Waals surface area contributed by atoms with Gasteiger partial charge in [0.05, 0.1) is 9.82 Å². The SMILES string of the molecule is NC1CN(S(=O)(=O)c2ccc(F)c([N+](=O)[O-])c2)C1. The van der Waals surface area contributed by atoms with Crippen LogP contribution in [0.25, 0.3) is 0 Å². The highest BCUT2D eigenvalue weighted by Crippen LogP contribution is 2.26. The Kier molecular flexibility index (Phi) is 3.05. The van der Waals surface area contributed by atoms with Gasteiger partial charge in [0.2, 0.25) is 15.8 Å². The molecule has 98 valence electrons. The summed E-state index contributed by atoms with van der Waals surface area (Å²) < 4.78 is 38.1. The van der Waals surface area contributed by atoms with Crippen molar-refractivity contribution in [3.8, 4) is 0 Å². The topological polar surface area (TPSA) is 107 Å². The first-order valence-electron chi connectivity index (χ1n) is 5.02. The number of sulfonamides is 1. The van der Waals surface area contributed by atoms with Gasteiger partial charge in [0.1, 0.15) is 0 Å². The van der Waals surface area contributed by atoms with Gasteiger partial charge >= 0.3 is 5.69 Å². The van der Waals surface area contributed by atoms with Gasteiger partial charge in [0, 0.05) is 25.2 Å². The molecule has 0 aromatic heterocycles. The van der Waals surface area contributed by atoms with Gasteiger partial charge in [-0.15, -0.1) is 0 Å². The molecule has 1 fully saturated rings. The van der Waals surface area contributed by atoms with Crippen molar-refractivity contribution in [3.63, 3.8) is 0 Å². The Morgan fingerprint density at radius 2 is 2.06 bits per heavy atom. The number of nitro groups is 1. The van der Waals surface area contributed by atoms with Gasteiger partial charge < -0.3 is 5.73 Å². The van der Waals surface area contributed by atoms with Gasteiger partial charge in [-0.2, -0.15) is 8.70 Å². The highest BCUT2D eigenvalue weighted by molar-refractivity contribution is 7.89. The summed E-state index contributed by atoms with van der Waals surface area (Å²) in [6, 6.07) is 2.26. The van der Waals surface area contributed by atoms with E-state index in [9.17, 15) is 22.9 Å². The lowest BCUT2D eigenvalue weighted by Crippen LogP contribution is -2.57. The van der Waals surface area contributed by atoms with Crippen molar-refractivity contribution in [2.75, 3.05) is 13.1 Å². The molecular formula is C9H10FN3O4S. The van der Waals surface area contributed by atoms with Gasteiger partial charge in [-0.05, 0) is 12.1 Å². The van der Waals surface area contributed by atoms with Crippen molar-refractivity contribution in [1.82, 2.24) is 4.31 Å². The van der Waals surface area contributed by atoms with Crippen molar-refractivity contribution in [2.45, 2.75) is 10.9 Å². The fourth-order valence-electron chi connectivity index (χ4n) is 1.61. The summed E-state index contributed by atoms with van der Waals surface area (Å²) in [6.07, 6.45) is 0. The van der Waals surface area contributed by atoms with E-state index in [1.165, 1.54) is 0 Å². The minimum atomic E-state index is -3.83. The zero-order valence-corrected chi connectivity index (χ0v) is 9.93. The lowest BCUT2D eigenvalue weighted by molar-refractivity contribution is -0.387. The molecule has 0 spiro atoms. The number of hydrogen-bond acceptors (Lipinski definition) is 5. The Hall–Kier alpha value is -1.58. The van der Waals surface area contributed by atoms with E-state index in [1.807, 2.05) is 0 Å². The predicted molar refractivity (Wildman–Crippen MR) is 59.8 cm³/mol. The first kappa shape index (κ1) is 12.9. The summed E-state index contributed by atoms with van der Waals surface area (Å²) in [4.78, 5) is 9.28. The van der Waals surface area contributed by atoms with Crippen LogP contribution in [-0.4, -0.2) is 36.8 Å². The van der Waals surface area contributed by atoms with Gasteiger partial charge in [-0.25, -0.2) is 8.42 Å². The fraction of sp³-hybridized carbons (Fsp3) is 0.333. The van der Waals surface area contributed by atoms with Gasteiger partial charge in [0.25, 0.3) is 0 Å². The third kappa shape index (κ3) is 2.07. The average molecular weight is 275 g/mol. The molecule has 1 heterocycles. The molecule has 0 atom stereocenters. The Balaban J connectivity index is 2.40. The number of nitro benzene ring substituents is 1. The van der Waals surface area contributed by atoms with Crippen molar-refractivity contribution < 1.29 is 17.7 Å². The molecule has 1 aromatic carbocycles. The quantitative estimate of drug-likeness (QED) is 0.620. The summed E-state index contributed by atoms with van der Waals surface area (Å²) >= 11 is 0. The summed E-state index contributed by atoms with van der Waals surface area (Å²) in [7, 11) is -3.83. The maximum Gasteiger partial charge on any atom is 0.306 e. The Bertz CT molecular complexity index is 598. The fourth-order valence-corrected chi connectivity index (χ4v) is 3.18. The minimum absolute atomic E-state index is 0.160. The van der Waals surface area contributed by atoms with E-state index < -0.39 is 26.5 Å². The largest absolute Gasteiger partial charge is 0.325 e. The summed E-state index contributed by atoms with van der Waals surface area (Å²) in [6.45, 7) is 0.320. The van der Waals surface area contributed by atoms with Gasteiger partial charge in [-0.3, -0.25) is 10.1 Å². The van der Waals surface area contributed by atoms with Crippen LogP contribution in [0.15, 0.2) is 23.1 Å². The predicted octanol–water partition coefficient (Wildman–Crippen LogP) is 0.0655. The van der Waals surface area contributed by atoms with E-state index in [-0.39, 0.29) is 24.0 Å². The highest BCUT2D eigenvalue weighted by atomic mass is 32.2. The van der Waals surface area contributed by atoms with Crippen LogP contribution < -0.4 is 5.73 Å². The van der Waals surface area contributed by atoms with Crippen LogP contribution in [0.2, 0.25) is 0 Å². The number of nitrogens with two attached hydrogens (primary N) is 1. The molecule has 1 saturated heterocycles. The van der Waals surface area contributed by atoms with E-state index in [4.69, 9.17) is 5.73 Å². The van der Waals surface area contributed by atoms with Crippen molar-refractivity contribution in [3.05, 3.63) is 34.1 Å². The molecule has 7 nitrogen and oxygen atoms in total. The van der Waals surface area contributed by atoms with Crippen LogP contribution in [-0.2, 0) is 10.0 Å². The maximum atomic E-state index is 13.1. The van der Waals surface area contributed by atoms with Crippen molar-refractivity contribution in [1.29, 1.82) is 0 Å². The molecule has 1 aliphatic rings. The van der Waals surface area contributed by atoms with Crippen LogP contribution in [0.5, 0.6) is 0 Å². The van der Waals surface area contributed by atoms with Crippen LogP contribution in [0.1, 0.15) is 0 Å². The minimum Gasteiger partial charge on any atom is -0.325 e. The molecule has 0 unspecified atom stereocenters. The van der Waals surface area contributed by atoms with E-state index in [0.717, 1.165) is 16.4 Å². The Labute approximate surface area is 102 Å². The van der Waals surface area contributed by atoms with Gasteiger partial charge in [0.15, 0.2) is 0 Å². The smallest absolute Gasteiger partial charge is 0.306 e. The monoisotopic (exact) mass is 275 g/mol. The molecule has 0 saturated carbocycles. The standard InChI is InChI=1S/C9H10FN3O4S/c10-8-2-1-7(3-9(8)13(14)15)18(16,17)12-4-6(11)5-12/h1-3,6H,4-5,11H2. The van der Waals surface area contributed by atoms with E-state index >= 15 is 0 Å². The zero-order chi connectivity index (χ0) is 13.5. The number of benzene rings is 1. The number of hydrogen-bond donors (Lipinski definition) is 1. The molecule has 1 aromatic rings. The third-order valence-electron chi connectivity index (χ3n) is 2.63. The summed E-state index contributed by atoms with van der Waals surface area (Å²) in [5, 5.41) is 10.5. The van der Waals surface area contributed by atoms with Gasteiger partial charge in [-0.1, -0.05) is 0 Å². The molecule has 0 radical (unpaired) electrons. The van der Waals surface area contributed by atoms with Crippen LogP contribution in [0, 0.1) is 15.9 Å². The molecule has 18 heavy (non-hydrogen) atoms. The highest BCUT2D eigenvalue weighted by Gasteiger charge is 2.35. The van der Waals surface area contributed by atoms with Crippen molar-refractivity contribution in [2.24, 2.45) is 5.73 Å².